The molecule has 0 saturated heterocycles. The molecule has 7 nitrogen and oxygen atoms in total. The highest BCUT2D eigenvalue weighted by Gasteiger charge is 2.30. The molecule has 1 aromatic rings. The minimum atomic E-state index is -0.771. The van der Waals surface area contributed by atoms with E-state index in [1.807, 2.05) is 20.8 Å². The molecular formula is C16H25N3O4. The summed E-state index contributed by atoms with van der Waals surface area (Å²) in [7, 11) is 0. The summed E-state index contributed by atoms with van der Waals surface area (Å²) in [6.45, 7) is 6.04. The summed E-state index contributed by atoms with van der Waals surface area (Å²) >= 11 is 0. The normalized spacial score (nSPS) is 21.3. The van der Waals surface area contributed by atoms with Crippen molar-refractivity contribution in [1.82, 2.24) is 15.5 Å². The molecule has 1 aliphatic carbocycles. The van der Waals surface area contributed by atoms with Gasteiger partial charge in [0.15, 0.2) is 5.82 Å². The molecule has 1 heterocycles. The van der Waals surface area contributed by atoms with E-state index in [1.165, 1.54) is 0 Å². The van der Waals surface area contributed by atoms with Gasteiger partial charge >= 0.3 is 5.97 Å². The van der Waals surface area contributed by atoms with E-state index in [0.717, 1.165) is 6.42 Å². The van der Waals surface area contributed by atoms with Crippen LogP contribution in [0.2, 0.25) is 0 Å². The average molecular weight is 323 g/mol. The van der Waals surface area contributed by atoms with Crippen LogP contribution in [0.5, 0.6) is 0 Å². The first-order valence-corrected chi connectivity index (χ1v) is 8.11. The van der Waals surface area contributed by atoms with Crippen molar-refractivity contribution in [1.29, 1.82) is 0 Å². The largest absolute Gasteiger partial charge is 0.481 e. The quantitative estimate of drug-likeness (QED) is 0.830. The van der Waals surface area contributed by atoms with Gasteiger partial charge in [-0.25, -0.2) is 0 Å². The van der Waals surface area contributed by atoms with Gasteiger partial charge in [-0.1, -0.05) is 25.9 Å². The summed E-state index contributed by atoms with van der Waals surface area (Å²) in [4.78, 5) is 27.1. The zero-order valence-electron chi connectivity index (χ0n) is 14.0. The van der Waals surface area contributed by atoms with Crippen molar-refractivity contribution < 1.29 is 19.2 Å². The van der Waals surface area contributed by atoms with Gasteiger partial charge in [-0.2, -0.15) is 4.98 Å². The number of carbonyl (C=O) groups excluding carboxylic acids is 1. The highest BCUT2D eigenvalue weighted by molar-refractivity contribution is 5.76. The smallest absolute Gasteiger partial charge is 0.306 e. The molecule has 1 aromatic heterocycles. The number of amides is 1. The molecule has 0 spiro atoms. The van der Waals surface area contributed by atoms with Crippen LogP contribution in [0.3, 0.4) is 0 Å². The number of rotatable bonds is 6. The highest BCUT2D eigenvalue weighted by Crippen LogP contribution is 2.25. The first-order valence-electron chi connectivity index (χ1n) is 8.11. The summed E-state index contributed by atoms with van der Waals surface area (Å²) in [6.07, 6.45) is 3.48. The molecule has 7 heteroatoms. The van der Waals surface area contributed by atoms with Gasteiger partial charge in [-0.15, -0.1) is 0 Å². The van der Waals surface area contributed by atoms with Gasteiger partial charge in [-0.05, 0) is 25.7 Å². The SMILES string of the molecule is CC(C)(C)c1noc(CCCC(=O)N[C@@H]2CC[C@H](C(=O)O)C2)n1. The Labute approximate surface area is 135 Å². The molecule has 0 aliphatic heterocycles. The molecule has 2 rings (SSSR count). The lowest BCUT2D eigenvalue weighted by Crippen LogP contribution is -2.33. The van der Waals surface area contributed by atoms with Crippen LogP contribution in [0.15, 0.2) is 4.52 Å². The first kappa shape index (κ1) is 17.4. The molecule has 1 fully saturated rings. The van der Waals surface area contributed by atoms with E-state index in [0.29, 0.717) is 43.8 Å². The van der Waals surface area contributed by atoms with Gasteiger partial charge < -0.3 is 14.9 Å². The Morgan fingerprint density at radius 1 is 1.35 bits per heavy atom. The summed E-state index contributed by atoms with van der Waals surface area (Å²) in [5.74, 6) is 0.0797. The second kappa shape index (κ2) is 7.10. The molecule has 1 saturated carbocycles. The van der Waals surface area contributed by atoms with E-state index < -0.39 is 5.97 Å². The Kier molecular flexibility index (Phi) is 5.38. The third-order valence-electron chi connectivity index (χ3n) is 4.08. The number of hydrogen-bond donors (Lipinski definition) is 2. The maximum Gasteiger partial charge on any atom is 0.306 e. The van der Waals surface area contributed by atoms with Crippen LogP contribution in [-0.2, 0) is 21.4 Å². The van der Waals surface area contributed by atoms with Crippen molar-refractivity contribution in [3.8, 4) is 0 Å². The summed E-state index contributed by atoms with van der Waals surface area (Å²) in [5, 5.41) is 15.8. The molecule has 2 N–H and O–H groups in total. The van der Waals surface area contributed by atoms with Crippen LogP contribution in [0.4, 0.5) is 0 Å². The molecule has 0 aromatic carbocycles. The van der Waals surface area contributed by atoms with Crippen molar-refractivity contribution in [2.75, 3.05) is 0 Å². The fourth-order valence-corrected chi connectivity index (χ4v) is 2.70. The lowest BCUT2D eigenvalue weighted by atomic mass is 9.96. The maximum atomic E-state index is 11.9. The van der Waals surface area contributed by atoms with Crippen molar-refractivity contribution >= 4 is 11.9 Å². The van der Waals surface area contributed by atoms with Gasteiger partial charge in [0.1, 0.15) is 0 Å². The molecule has 2 atom stereocenters. The Morgan fingerprint density at radius 3 is 2.65 bits per heavy atom. The summed E-state index contributed by atoms with van der Waals surface area (Å²) in [6, 6.07) is -0.0144. The van der Waals surface area contributed by atoms with E-state index in [4.69, 9.17) is 9.63 Å². The van der Waals surface area contributed by atoms with Crippen LogP contribution in [0.1, 0.15) is 64.6 Å². The van der Waals surface area contributed by atoms with Crippen molar-refractivity contribution in [2.24, 2.45) is 5.92 Å². The fourth-order valence-electron chi connectivity index (χ4n) is 2.70. The van der Waals surface area contributed by atoms with Crippen LogP contribution in [-0.4, -0.2) is 33.2 Å². The van der Waals surface area contributed by atoms with E-state index in [2.05, 4.69) is 15.5 Å². The zero-order chi connectivity index (χ0) is 17.0. The number of aryl methyl sites for hydroxylation is 1. The molecule has 128 valence electrons. The highest BCUT2D eigenvalue weighted by atomic mass is 16.5. The van der Waals surface area contributed by atoms with E-state index >= 15 is 0 Å². The van der Waals surface area contributed by atoms with Gasteiger partial charge in [-0.3, -0.25) is 9.59 Å². The first-order chi connectivity index (χ1) is 10.8. The number of nitrogens with zero attached hydrogens (tertiary/aromatic N) is 2. The van der Waals surface area contributed by atoms with E-state index in [-0.39, 0.29) is 23.3 Å². The number of carboxylic acids is 1. The molecule has 1 amide bonds. The summed E-state index contributed by atoms with van der Waals surface area (Å²) in [5.41, 5.74) is -0.151. The van der Waals surface area contributed by atoms with Crippen LogP contribution < -0.4 is 5.32 Å². The van der Waals surface area contributed by atoms with Gasteiger partial charge in [0.05, 0.1) is 5.92 Å². The average Bonchev–Trinajstić information content (AvgIpc) is 3.07. The summed E-state index contributed by atoms with van der Waals surface area (Å²) < 4.78 is 5.19. The molecule has 1 aliphatic rings. The monoisotopic (exact) mass is 323 g/mol. The van der Waals surface area contributed by atoms with Crippen molar-refractivity contribution in [2.45, 2.75) is 70.8 Å². The number of carbonyl (C=O) groups is 2. The van der Waals surface area contributed by atoms with Crippen molar-refractivity contribution in [3.05, 3.63) is 11.7 Å². The predicted molar refractivity (Wildman–Crippen MR) is 82.8 cm³/mol. The predicted octanol–water partition coefficient (Wildman–Crippen LogP) is 2.06. The second-order valence-corrected chi connectivity index (χ2v) is 7.23. The number of aromatic nitrogens is 2. The third-order valence-corrected chi connectivity index (χ3v) is 4.08. The van der Waals surface area contributed by atoms with E-state index in [1.54, 1.807) is 0 Å². The second-order valence-electron chi connectivity index (χ2n) is 7.23. The van der Waals surface area contributed by atoms with Crippen LogP contribution in [0, 0.1) is 5.92 Å². The van der Waals surface area contributed by atoms with Gasteiger partial charge in [0.2, 0.25) is 11.8 Å². The maximum absolute atomic E-state index is 11.9. The van der Waals surface area contributed by atoms with E-state index in [9.17, 15) is 9.59 Å². The van der Waals surface area contributed by atoms with Crippen LogP contribution >= 0.6 is 0 Å². The minimum Gasteiger partial charge on any atom is -0.481 e. The van der Waals surface area contributed by atoms with Crippen LogP contribution in [0.25, 0.3) is 0 Å². The number of hydrogen-bond acceptors (Lipinski definition) is 5. The lowest BCUT2D eigenvalue weighted by Gasteiger charge is -2.12. The third kappa shape index (κ3) is 5.04. The molecule has 0 unspecified atom stereocenters. The molecule has 23 heavy (non-hydrogen) atoms. The van der Waals surface area contributed by atoms with Gasteiger partial charge in [0.25, 0.3) is 0 Å². The Morgan fingerprint density at radius 2 is 2.09 bits per heavy atom. The zero-order valence-corrected chi connectivity index (χ0v) is 14.0. The Bertz CT molecular complexity index is 562. The molecule has 0 radical (unpaired) electrons. The lowest BCUT2D eigenvalue weighted by molar-refractivity contribution is -0.141. The number of aliphatic carboxylic acids is 1. The fraction of sp³-hybridized carbons (Fsp3) is 0.750. The standard InChI is InChI=1S/C16H25N3O4/c1-16(2,3)15-18-13(23-19-15)6-4-5-12(20)17-11-8-7-10(9-11)14(21)22/h10-11H,4-9H2,1-3H3,(H,17,20)(H,21,22)/t10-,11+/m0/s1. The van der Waals surface area contributed by atoms with Crippen molar-refractivity contribution in [3.63, 3.8) is 0 Å². The number of nitrogens with one attached hydrogen (secondary N) is 1. The Balaban J connectivity index is 1.69. The molecular weight excluding hydrogens is 298 g/mol. The number of carboxylic acid groups (broad SMARTS) is 1. The minimum absolute atomic E-state index is 0.0144. The topological polar surface area (TPSA) is 105 Å². The Hall–Kier alpha value is -1.92. The molecule has 0 bridgehead atoms. The van der Waals surface area contributed by atoms with Gasteiger partial charge in [0, 0.05) is 24.3 Å².